The van der Waals surface area contributed by atoms with Gasteiger partial charge < -0.3 is 4.90 Å². The fraction of sp³-hybridized carbons (Fsp3) is 0.278. The van der Waals surface area contributed by atoms with E-state index in [4.69, 9.17) is 0 Å². The van der Waals surface area contributed by atoms with Crippen LogP contribution in [0.4, 0.5) is 4.39 Å². The Bertz CT molecular complexity index is 682. The van der Waals surface area contributed by atoms with Gasteiger partial charge in [0.25, 0.3) is 5.91 Å². The molecule has 0 saturated carbocycles. The summed E-state index contributed by atoms with van der Waals surface area (Å²) in [4.78, 5) is 16.8. The second kappa shape index (κ2) is 7.40. The average molecular weight is 424 g/mol. The second-order valence-corrected chi connectivity index (χ2v) is 6.84. The van der Waals surface area contributed by atoms with Gasteiger partial charge in [-0.1, -0.05) is 24.3 Å². The molecule has 5 heteroatoms. The van der Waals surface area contributed by atoms with Crippen LogP contribution >= 0.6 is 22.6 Å². The van der Waals surface area contributed by atoms with E-state index in [1.807, 2.05) is 41.3 Å². The zero-order valence-corrected chi connectivity index (χ0v) is 14.9. The fourth-order valence-corrected chi connectivity index (χ4v) is 3.38. The number of hydrogen-bond acceptors (Lipinski definition) is 2. The highest BCUT2D eigenvalue weighted by Gasteiger charge is 2.23. The predicted octanol–water partition coefficient (Wildman–Crippen LogP) is 3.39. The molecule has 1 aliphatic heterocycles. The summed E-state index contributed by atoms with van der Waals surface area (Å²) in [6.07, 6.45) is 0. The van der Waals surface area contributed by atoms with Crippen molar-refractivity contribution in [3.63, 3.8) is 0 Å². The van der Waals surface area contributed by atoms with Gasteiger partial charge in [-0.2, -0.15) is 0 Å². The molecule has 0 unspecified atom stereocenters. The Kier molecular flexibility index (Phi) is 5.27. The van der Waals surface area contributed by atoms with Crippen LogP contribution in [0, 0.1) is 9.39 Å². The Labute approximate surface area is 149 Å². The molecule has 1 fully saturated rings. The minimum atomic E-state index is -0.207. The van der Waals surface area contributed by atoms with Crippen LogP contribution in [-0.4, -0.2) is 41.9 Å². The second-order valence-electron chi connectivity index (χ2n) is 5.67. The highest BCUT2D eigenvalue weighted by molar-refractivity contribution is 14.1. The Morgan fingerprint density at radius 2 is 1.65 bits per heavy atom. The van der Waals surface area contributed by atoms with Crippen LogP contribution < -0.4 is 0 Å². The maximum absolute atomic E-state index is 12.9. The molecule has 23 heavy (non-hydrogen) atoms. The van der Waals surface area contributed by atoms with Crippen molar-refractivity contribution in [2.24, 2.45) is 0 Å². The summed E-state index contributed by atoms with van der Waals surface area (Å²) < 4.78 is 13.9. The molecule has 0 N–H and O–H groups in total. The molecule has 0 radical (unpaired) electrons. The number of rotatable bonds is 3. The van der Waals surface area contributed by atoms with Crippen LogP contribution in [0.25, 0.3) is 0 Å². The quantitative estimate of drug-likeness (QED) is 0.706. The lowest BCUT2D eigenvalue weighted by atomic mass is 10.1. The molecule has 0 aliphatic carbocycles. The van der Waals surface area contributed by atoms with E-state index in [1.54, 1.807) is 0 Å². The third-order valence-electron chi connectivity index (χ3n) is 4.08. The van der Waals surface area contributed by atoms with Crippen molar-refractivity contribution in [1.29, 1.82) is 0 Å². The van der Waals surface area contributed by atoms with E-state index in [0.29, 0.717) is 0 Å². The topological polar surface area (TPSA) is 23.6 Å². The van der Waals surface area contributed by atoms with Crippen LogP contribution in [0.5, 0.6) is 0 Å². The number of benzene rings is 2. The maximum Gasteiger partial charge on any atom is 0.255 e. The number of amides is 1. The molecule has 2 aromatic carbocycles. The zero-order valence-electron chi connectivity index (χ0n) is 12.7. The summed E-state index contributed by atoms with van der Waals surface area (Å²) in [5, 5.41) is 0. The highest BCUT2D eigenvalue weighted by atomic mass is 127. The first-order valence-corrected chi connectivity index (χ1v) is 8.72. The van der Waals surface area contributed by atoms with Crippen molar-refractivity contribution in [1.82, 2.24) is 9.80 Å². The first-order chi connectivity index (χ1) is 11.1. The first kappa shape index (κ1) is 16.4. The molecule has 0 atom stereocenters. The van der Waals surface area contributed by atoms with Gasteiger partial charge in [-0.3, -0.25) is 9.69 Å². The Balaban J connectivity index is 1.57. The number of hydrogen-bond donors (Lipinski definition) is 0. The average Bonchev–Trinajstić information content (AvgIpc) is 2.57. The largest absolute Gasteiger partial charge is 0.336 e. The number of piperazine rings is 1. The minimum Gasteiger partial charge on any atom is -0.336 e. The van der Waals surface area contributed by atoms with Gasteiger partial charge in [-0.25, -0.2) is 4.39 Å². The minimum absolute atomic E-state index is 0.108. The van der Waals surface area contributed by atoms with Gasteiger partial charge >= 0.3 is 0 Å². The summed E-state index contributed by atoms with van der Waals surface area (Å²) in [6.45, 7) is 3.93. The van der Waals surface area contributed by atoms with E-state index in [9.17, 15) is 9.18 Å². The van der Waals surface area contributed by atoms with Gasteiger partial charge in [0.05, 0.1) is 5.56 Å². The number of nitrogens with zero attached hydrogens (tertiary/aromatic N) is 2. The van der Waals surface area contributed by atoms with E-state index in [1.165, 1.54) is 12.1 Å². The van der Waals surface area contributed by atoms with E-state index in [2.05, 4.69) is 27.5 Å². The molecule has 0 bridgehead atoms. The van der Waals surface area contributed by atoms with Crippen molar-refractivity contribution in [2.75, 3.05) is 26.2 Å². The Morgan fingerprint density at radius 3 is 2.30 bits per heavy atom. The monoisotopic (exact) mass is 424 g/mol. The highest BCUT2D eigenvalue weighted by Crippen LogP contribution is 2.16. The van der Waals surface area contributed by atoms with Crippen LogP contribution in [-0.2, 0) is 6.54 Å². The van der Waals surface area contributed by atoms with Crippen molar-refractivity contribution < 1.29 is 9.18 Å². The van der Waals surface area contributed by atoms with E-state index in [-0.39, 0.29) is 11.7 Å². The third kappa shape index (κ3) is 4.09. The van der Waals surface area contributed by atoms with E-state index < -0.39 is 0 Å². The van der Waals surface area contributed by atoms with E-state index in [0.717, 1.165) is 47.4 Å². The predicted molar refractivity (Wildman–Crippen MR) is 96.7 cm³/mol. The molecule has 3 rings (SSSR count). The van der Waals surface area contributed by atoms with Crippen molar-refractivity contribution >= 4 is 28.5 Å². The number of carbonyl (C=O) groups is 1. The standard InChI is InChI=1S/C18H18FIN2O/c19-15-7-5-14(6-8-15)13-21-9-11-22(12-10-21)18(23)16-3-1-2-4-17(16)20/h1-8H,9-13H2. The van der Waals surface area contributed by atoms with Crippen LogP contribution in [0.2, 0.25) is 0 Å². The van der Waals surface area contributed by atoms with Crippen LogP contribution in [0.15, 0.2) is 48.5 Å². The fourth-order valence-electron chi connectivity index (χ4n) is 2.76. The summed E-state index contributed by atoms with van der Waals surface area (Å²) in [7, 11) is 0. The lowest BCUT2D eigenvalue weighted by Gasteiger charge is -2.35. The van der Waals surface area contributed by atoms with Crippen LogP contribution in [0.1, 0.15) is 15.9 Å². The zero-order chi connectivity index (χ0) is 16.2. The molecular weight excluding hydrogens is 406 g/mol. The van der Waals surface area contributed by atoms with Crippen molar-refractivity contribution in [3.8, 4) is 0 Å². The van der Waals surface area contributed by atoms with E-state index >= 15 is 0 Å². The molecular formula is C18H18FIN2O. The van der Waals surface area contributed by atoms with Crippen LogP contribution in [0.3, 0.4) is 0 Å². The van der Waals surface area contributed by atoms with Gasteiger partial charge in [-0.15, -0.1) is 0 Å². The van der Waals surface area contributed by atoms with Gasteiger partial charge in [0.15, 0.2) is 0 Å². The lowest BCUT2D eigenvalue weighted by molar-refractivity contribution is 0.0627. The molecule has 1 amide bonds. The van der Waals surface area contributed by atoms with Gasteiger partial charge in [0.2, 0.25) is 0 Å². The lowest BCUT2D eigenvalue weighted by Crippen LogP contribution is -2.48. The Hall–Kier alpha value is -1.47. The molecule has 0 spiro atoms. The number of carbonyl (C=O) groups excluding carboxylic acids is 1. The van der Waals surface area contributed by atoms with Gasteiger partial charge in [-0.05, 0) is 52.4 Å². The first-order valence-electron chi connectivity index (χ1n) is 7.64. The molecule has 1 heterocycles. The smallest absolute Gasteiger partial charge is 0.255 e. The SMILES string of the molecule is O=C(c1ccccc1I)N1CCN(Cc2ccc(F)cc2)CC1. The maximum atomic E-state index is 12.9. The Morgan fingerprint density at radius 1 is 1.00 bits per heavy atom. The third-order valence-corrected chi connectivity index (χ3v) is 5.02. The molecule has 2 aromatic rings. The molecule has 0 aromatic heterocycles. The van der Waals surface area contributed by atoms with Gasteiger partial charge in [0.1, 0.15) is 5.82 Å². The summed E-state index contributed by atoms with van der Waals surface area (Å²) in [5.74, 6) is -0.0990. The summed E-state index contributed by atoms with van der Waals surface area (Å²) >= 11 is 2.20. The molecule has 1 aliphatic rings. The normalized spacial score (nSPS) is 15.7. The summed E-state index contributed by atoms with van der Waals surface area (Å²) in [5.41, 5.74) is 1.88. The molecule has 3 nitrogen and oxygen atoms in total. The molecule has 1 saturated heterocycles. The van der Waals surface area contributed by atoms with Crippen molar-refractivity contribution in [3.05, 3.63) is 69.0 Å². The molecule has 120 valence electrons. The summed E-state index contributed by atoms with van der Waals surface area (Å²) in [6, 6.07) is 14.3. The number of halogens is 2. The van der Waals surface area contributed by atoms with Gasteiger partial charge in [0, 0.05) is 36.3 Å². The van der Waals surface area contributed by atoms with Crippen molar-refractivity contribution in [2.45, 2.75) is 6.54 Å².